The van der Waals surface area contributed by atoms with Gasteiger partial charge in [-0.3, -0.25) is 0 Å². The van der Waals surface area contributed by atoms with Gasteiger partial charge in [0, 0.05) is 43.0 Å². The van der Waals surface area contributed by atoms with Gasteiger partial charge in [0.2, 0.25) is 0 Å². The smallest absolute Gasteiger partial charge is 0.318 e. The standard InChI is InChI=1S/C36H43F2N5O4/c1-41-16-14-30(15-17-41)43(22-26-2-6-28(37)7-3-26)36(45)39-21-25-4-9-32(10-5-25)46-24-31(44)23-42-18-12-27(13-19-42)35-33-11-8-29(38)20-34(33)47-40-35/h2-11,20,27,30-31,44H,12-19,21-24H2,1H3,(H,39,45). The Kier molecular flexibility index (Phi) is 10.6. The zero-order valence-electron chi connectivity index (χ0n) is 26.8. The lowest BCUT2D eigenvalue weighted by Gasteiger charge is -2.37. The number of fused-ring (bicyclic) bond motifs is 1. The third kappa shape index (κ3) is 8.65. The number of nitrogens with one attached hydrogen (secondary N) is 1. The summed E-state index contributed by atoms with van der Waals surface area (Å²) in [6, 6.07) is 18.4. The van der Waals surface area contributed by atoms with E-state index in [1.807, 2.05) is 29.2 Å². The summed E-state index contributed by atoms with van der Waals surface area (Å²) in [6.45, 7) is 4.96. The van der Waals surface area contributed by atoms with E-state index in [-0.39, 0.29) is 36.2 Å². The molecule has 2 saturated heterocycles. The van der Waals surface area contributed by atoms with Gasteiger partial charge in [-0.1, -0.05) is 29.4 Å². The molecule has 47 heavy (non-hydrogen) atoms. The van der Waals surface area contributed by atoms with Gasteiger partial charge in [0.05, 0.1) is 5.69 Å². The molecule has 0 radical (unpaired) electrons. The van der Waals surface area contributed by atoms with Crippen LogP contribution in [0.2, 0.25) is 0 Å². The maximum Gasteiger partial charge on any atom is 0.318 e. The van der Waals surface area contributed by atoms with Gasteiger partial charge in [0.1, 0.15) is 30.1 Å². The van der Waals surface area contributed by atoms with Gasteiger partial charge < -0.3 is 34.4 Å². The first kappa shape index (κ1) is 32.9. The van der Waals surface area contributed by atoms with Gasteiger partial charge in [-0.25, -0.2) is 13.6 Å². The Morgan fingerprint density at radius 3 is 2.38 bits per heavy atom. The number of carbonyl (C=O) groups excluding carboxylic acids is 1. The minimum Gasteiger partial charge on any atom is -0.491 e. The van der Waals surface area contributed by atoms with Crippen molar-refractivity contribution < 1.29 is 27.9 Å². The van der Waals surface area contributed by atoms with Gasteiger partial charge in [0.25, 0.3) is 0 Å². The number of benzene rings is 3. The highest BCUT2D eigenvalue weighted by Gasteiger charge is 2.28. The molecule has 6 rings (SSSR count). The van der Waals surface area contributed by atoms with E-state index in [1.165, 1.54) is 24.3 Å². The number of halogens is 2. The molecule has 0 bridgehead atoms. The predicted molar refractivity (Wildman–Crippen MR) is 175 cm³/mol. The Balaban J connectivity index is 0.940. The van der Waals surface area contributed by atoms with Crippen LogP contribution in [0.4, 0.5) is 13.6 Å². The molecule has 4 aromatic rings. The van der Waals surface area contributed by atoms with Gasteiger partial charge in [0.15, 0.2) is 5.58 Å². The van der Waals surface area contributed by atoms with E-state index in [0.29, 0.717) is 31.0 Å². The summed E-state index contributed by atoms with van der Waals surface area (Å²) in [5.41, 5.74) is 3.18. The number of β-amino-alcohol motifs (C(OH)–C–C–N with tert-alkyl or cyclic N) is 1. The number of carbonyl (C=O) groups is 1. The molecule has 2 aliphatic heterocycles. The molecule has 2 aliphatic rings. The number of aromatic nitrogens is 1. The van der Waals surface area contributed by atoms with Crippen LogP contribution in [0.1, 0.15) is 48.4 Å². The lowest BCUT2D eigenvalue weighted by molar-refractivity contribution is 0.0592. The van der Waals surface area contributed by atoms with Gasteiger partial charge in [-0.05, 0) is 106 Å². The van der Waals surface area contributed by atoms with Crippen molar-refractivity contribution in [3.8, 4) is 5.75 Å². The normalized spacial score (nSPS) is 17.5. The van der Waals surface area contributed by atoms with E-state index in [0.717, 1.165) is 74.1 Å². The molecule has 0 spiro atoms. The zero-order valence-corrected chi connectivity index (χ0v) is 26.8. The Morgan fingerprint density at radius 2 is 1.66 bits per heavy atom. The van der Waals surface area contributed by atoms with Crippen LogP contribution in [-0.4, -0.2) is 89.5 Å². The molecule has 3 aromatic carbocycles. The van der Waals surface area contributed by atoms with Crippen molar-refractivity contribution in [3.63, 3.8) is 0 Å². The van der Waals surface area contributed by atoms with E-state index in [2.05, 4.69) is 27.3 Å². The second kappa shape index (κ2) is 15.2. The van der Waals surface area contributed by atoms with Crippen LogP contribution in [0, 0.1) is 11.6 Å². The third-order valence-electron chi connectivity index (χ3n) is 9.37. The van der Waals surface area contributed by atoms with Crippen molar-refractivity contribution >= 4 is 17.0 Å². The molecule has 0 saturated carbocycles. The molecule has 0 aliphatic carbocycles. The number of likely N-dealkylation sites (tertiary alicyclic amines) is 2. The number of aliphatic hydroxyl groups is 1. The number of nitrogens with zero attached hydrogens (tertiary/aromatic N) is 4. The van der Waals surface area contributed by atoms with Crippen LogP contribution < -0.4 is 10.1 Å². The van der Waals surface area contributed by atoms with E-state index < -0.39 is 6.10 Å². The number of urea groups is 1. The summed E-state index contributed by atoms with van der Waals surface area (Å²) in [6.07, 6.45) is 2.90. The Hall–Kier alpha value is -4.06. The second-order valence-corrected chi connectivity index (χ2v) is 12.8. The summed E-state index contributed by atoms with van der Waals surface area (Å²) in [7, 11) is 2.09. The van der Waals surface area contributed by atoms with Crippen LogP contribution in [0.15, 0.2) is 71.3 Å². The first-order chi connectivity index (χ1) is 22.8. The molecular formula is C36H43F2N5O4. The van der Waals surface area contributed by atoms with Crippen molar-refractivity contribution in [1.82, 2.24) is 25.2 Å². The van der Waals surface area contributed by atoms with Crippen LogP contribution in [0.3, 0.4) is 0 Å². The molecular weight excluding hydrogens is 604 g/mol. The van der Waals surface area contributed by atoms with Gasteiger partial charge >= 0.3 is 6.03 Å². The van der Waals surface area contributed by atoms with E-state index in [9.17, 15) is 18.7 Å². The highest BCUT2D eigenvalue weighted by Crippen LogP contribution is 2.33. The lowest BCUT2D eigenvalue weighted by atomic mass is 9.91. The van der Waals surface area contributed by atoms with Crippen LogP contribution in [0.5, 0.6) is 5.75 Å². The summed E-state index contributed by atoms with van der Waals surface area (Å²) >= 11 is 0. The number of hydrogen-bond donors (Lipinski definition) is 2. The minimum absolute atomic E-state index is 0.116. The van der Waals surface area contributed by atoms with E-state index >= 15 is 0 Å². The quantitative estimate of drug-likeness (QED) is 0.221. The minimum atomic E-state index is -0.645. The lowest BCUT2D eigenvalue weighted by Crippen LogP contribution is -2.49. The molecule has 2 fully saturated rings. The molecule has 2 N–H and O–H groups in total. The summed E-state index contributed by atoms with van der Waals surface area (Å²) in [5, 5.41) is 18.8. The fraction of sp³-hybridized carbons (Fsp3) is 0.444. The third-order valence-corrected chi connectivity index (χ3v) is 9.37. The van der Waals surface area contributed by atoms with E-state index in [4.69, 9.17) is 9.26 Å². The number of piperidine rings is 2. The molecule has 3 heterocycles. The largest absolute Gasteiger partial charge is 0.491 e. The maximum absolute atomic E-state index is 13.5. The van der Waals surface area contributed by atoms with Crippen LogP contribution in [0.25, 0.3) is 11.0 Å². The highest BCUT2D eigenvalue weighted by atomic mass is 19.1. The fourth-order valence-electron chi connectivity index (χ4n) is 6.60. The Labute approximate surface area is 274 Å². The van der Waals surface area contributed by atoms with Crippen molar-refractivity contribution in [2.75, 3.05) is 46.4 Å². The summed E-state index contributed by atoms with van der Waals surface area (Å²) < 4.78 is 38.2. The van der Waals surface area contributed by atoms with Crippen LogP contribution in [-0.2, 0) is 13.1 Å². The molecule has 1 unspecified atom stereocenters. The van der Waals surface area contributed by atoms with Crippen molar-refractivity contribution in [2.24, 2.45) is 0 Å². The van der Waals surface area contributed by atoms with Crippen LogP contribution >= 0.6 is 0 Å². The average Bonchev–Trinajstić information content (AvgIpc) is 3.50. The molecule has 1 aromatic heterocycles. The molecule has 250 valence electrons. The Bertz CT molecular complexity index is 1600. The van der Waals surface area contributed by atoms with E-state index in [1.54, 1.807) is 18.2 Å². The maximum atomic E-state index is 13.5. The van der Waals surface area contributed by atoms with Crippen molar-refractivity contribution in [2.45, 2.75) is 56.8 Å². The topological polar surface area (TPSA) is 94.3 Å². The van der Waals surface area contributed by atoms with Crippen molar-refractivity contribution in [3.05, 3.63) is 95.2 Å². The number of amides is 2. The number of aliphatic hydroxyl groups excluding tert-OH is 1. The number of ether oxygens (including phenoxy) is 1. The average molecular weight is 648 g/mol. The number of hydrogen-bond acceptors (Lipinski definition) is 7. The molecule has 2 amide bonds. The first-order valence-corrected chi connectivity index (χ1v) is 16.4. The monoisotopic (exact) mass is 647 g/mol. The fourth-order valence-corrected chi connectivity index (χ4v) is 6.60. The second-order valence-electron chi connectivity index (χ2n) is 12.8. The molecule has 9 nitrogen and oxygen atoms in total. The highest BCUT2D eigenvalue weighted by molar-refractivity contribution is 5.80. The first-order valence-electron chi connectivity index (χ1n) is 16.4. The number of rotatable bonds is 11. The van der Waals surface area contributed by atoms with Crippen molar-refractivity contribution in [1.29, 1.82) is 0 Å². The summed E-state index contributed by atoms with van der Waals surface area (Å²) in [4.78, 5) is 19.7. The SMILES string of the molecule is CN1CCC(N(Cc2ccc(F)cc2)C(=O)NCc2ccc(OCC(O)CN3CCC(c4noc5cc(F)ccc45)CC3)cc2)CC1. The molecule has 1 atom stereocenters. The zero-order chi connectivity index (χ0) is 32.8. The summed E-state index contributed by atoms with van der Waals surface area (Å²) in [5.74, 6) is 0.260. The Morgan fingerprint density at radius 1 is 0.979 bits per heavy atom. The predicted octanol–water partition coefficient (Wildman–Crippen LogP) is 5.53. The van der Waals surface area contributed by atoms with Gasteiger partial charge in [-0.15, -0.1) is 0 Å². The molecule has 11 heteroatoms. The van der Waals surface area contributed by atoms with Gasteiger partial charge in [-0.2, -0.15) is 0 Å².